The maximum Gasteiger partial charge on any atom is 0.157 e. The van der Waals surface area contributed by atoms with Crippen molar-refractivity contribution >= 4 is 0 Å². The molecule has 2 aromatic rings. The van der Waals surface area contributed by atoms with Crippen LogP contribution in [0.3, 0.4) is 0 Å². The van der Waals surface area contributed by atoms with Gasteiger partial charge in [-0.1, -0.05) is 12.8 Å². The minimum atomic E-state index is -0.692. The van der Waals surface area contributed by atoms with Gasteiger partial charge in [-0.15, -0.1) is 0 Å². The van der Waals surface area contributed by atoms with E-state index in [-0.39, 0.29) is 0 Å². The number of nitrogens with zero attached hydrogens (tertiary/aromatic N) is 4. The topological polar surface area (TPSA) is 63.8 Å². The highest BCUT2D eigenvalue weighted by Crippen LogP contribution is 2.29. The summed E-state index contributed by atoms with van der Waals surface area (Å²) in [6.07, 6.45) is 10.2. The summed E-state index contributed by atoms with van der Waals surface area (Å²) in [5.41, 5.74) is 1.89. The van der Waals surface area contributed by atoms with Crippen LogP contribution in [0, 0.1) is 6.92 Å². The highest BCUT2D eigenvalue weighted by molar-refractivity contribution is 5.07. The van der Waals surface area contributed by atoms with Crippen LogP contribution >= 0.6 is 0 Å². The zero-order valence-corrected chi connectivity index (χ0v) is 11.7. The lowest BCUT2D eigenvalue weighted by molar-refractivity contribution is 0.166. The minimum absolute atomic E-state index is 0.461. The lowest BCUT2D eigenvalue weighted by atomic mass is 10.2. The zero-order chi connectivity index (χ0) is 13.9. The fourth-order valence-corrected chi connectivity index (χ4v) is 2.72. The summed E-state index contributed by atoms with van der Waals surface area (Å²) >= 11 is 0. The van der Waals surface area contributed by atoms with Crippen LogP contribution < -0.4 is 0 Å². The smallest absolute Gasteiger partial charge is 0.157 e. The summed E-state index contributed by atoms with van der Waals surface area (Å²) < 4.78 is 2.05. The Kier molecular flexibility index (Phi) is 3.78. The number of aliphatic hydroxyl groups excluding tert-OH is 1. The highest BCUT2D eigenvalue weighted by atomic mass is 16.3. The Hall–Kier alpha value is -1.75. The lowest BCUT2D eigenvalue weighted by Crippen LogP contribution is -2.09. The Morgan fingerprint density at radius 3 is 2.70 bits per heavy atom. The van der Waals surface area contributed by atoms with Crippen LogP contribution in [0.2, 0.25) is 0 Å². The average molecular weight is 272 g/mol. The third-order valence-corrected chi connectivity index (χ3v) is 3.86. The van der Waals surface area contributed by atoms with Gasteiger partial charge in [0, 0.05) is 25.0 Å². The molecule has 0 saturated heterocycles. The van der Waals surface area contributed by atoms with Crippen LogP contribution in [0.25, 0.3) is 0 Å². The van der Waals surface area contributed by atoms with Crippen LogP contribution in [-0.4, -0.2) is 24.9 Å². The summed E-state index contributed by atoms with van der Waals surface area (Å²) in [7, 11) is 0. The molecule has 0 bridgehead atoms. The van der Waals surface area contributed by atoms with Crippen LogP contribution in [0.1, 0.15) is 54.9 Å². The van der Waals surface area contributed by atoms with Gasteiger partial charge < -0.3 is 5.11 Å². The number of aliphatic hydroxyl groups is 1. The molecule has 1 N–H and O–H groups in total. The molecule has 0 aliphatic heterocycles. The molecule has 1 aliphatic rings. The largest absolute Gasteiger partial charge is 0.385 e. The van der Waals surface area contributed by atoms with Crippen molar-refractivity contribution in [1.82, 2.24) is 19.7 Å². The van der Waals surface area contributed by atoms with E-state index in [2.05, 4.69) is 15.1 Å². The Balaban J connectivity index is 1.66. The quantitative estimate of drug-likeness (QED) is 0.928. The van der Waals surface area contributed by atoms with E-state index in [4.69, 9.17) is 0 Å². The van der Waals surface area contributed by atoms with E-state index in [9.17, 15) is 5.11 Å². The van der Waals surface area contributed by atoms with Crippen molar-refractivity contribution in [2.24, 2.45) is 0 Å². The fourth-order valence-electron chi connectivity index (χ4n) is 2.72. The monoisotopic (exact) mass is 272 g/mol. The van der Waals surface area contributed by atoms with Crippen molar-refractivity contribution in [2.75, 3.05) is 0 Å². The molecule has 20 heavy (non-hydrogen) atoms. The van der Waals surface area contributed by atoms with Crippen molar-refractivity contribution in [2.45, 2.75) is 51.2 Å². The van der Waals surface area contributed by atoms with Crippen molar-refractivity contribution in [3.05, 3.63) is 41.7 Å². The molecule has 2 aromatic heterocycles. The first-order valence-electron chi connectivity index (χ1n) is 7.23. The van der Waals surface area contributed by atoms with E-state index in [0.717, 1.165) is 11.3 Å². The normalized spacial score (nSPS) is 17.5. The van der Waals surface area contributed by atoms with Crippen molar-refractivity contribution in [3.8, 4) is 0 Å². The average Bonchev–Trinajstić information content (AvgIpc) is 3.09. The van der Waals surface area contributed by atoms with Gasteiger partial charge >= 0.3 is 0 Å². The van der Waals surface area contributed by atoms with Crippen LogP contribution in [0.15, 0.2) is 24.7 Å². The Labute approximate surface area is 118 Å². The predicted molar refractivity (Wildman–Crippen MR) is 75.2 cm³/mol. The summed E-state index contributed by atoms with van der Waals surface area (Å²) in [6, 6.07) is 2.52. The van der Waals surface area contributed by atoms with E-state index in [1.54, 1.807) is 12.4 Å². The predicted octanol–water partition coefficient (Wildman–Crippen LogP) is 2.37. The van der Waals surface area contributed by atoms with Gasteiger partial charge in [0.15, 0.2) is 5.82 Å². The molecule has 5 heteroatoms. The van der Waals surface area contributed by atoms with Gasteiger partial charge in [-0.25, -0.2) is 9.97 Å². The molecule has 0 spiro atoms. The molecule has 106 valence electrons. The zero-order valence-electron chi connectivity index (χ0n) is 11.7. The second-order valence-electron chi connectivity index (χ2n) is 5.56. The van der Waals surface area contributed by atoms with Gasteiger partial charge in [-0.05, 0) is 31.4 Å². The minimum Gasteiger partial charge on any atom is -0.385 e. The maximum atomic E-state index is 10.2. The molecule has 0 amide bonds. The first-order chi connectivity index (χ1) is 9.72. The third-order valence-electron chi connectivity index (χ3n) is 3.86. The Morgan fingerprint density at radius 1 is 1.30 bits per heavy atom. The van der Waals surface area contributed by atoms with E-state index in [1.165, 1.54) is 25.7 Å². The summed E-state index contributed by atoms with van der Waals surface area (Å²) in [6.45, 7) is 1.93. The second-order valence-corrected chi connectivity index (χ2v) is 5.56. The molecule has 1 saturated carbocycles. The molecule has 0 aromatic carbocycles. The van der Waals surface area contributed by atoms with Gasteiger partial charge in [0.05, 0.1) is 11.7 Å². The van der Waals surface area contributed by atoms with Gasteiger partial charge in [0.1, 0.15) is 6.10 Å². The van der Waals surface area contributed by atoms with Gasteiger partial charge in [0.25, 0.3) is 0 Å². The van der Waals surface area contributed by atoms with E-state index in [1.807, 2.05) is 23.9 Å². The van der Waals surface area contributed by atoms with E-state index < -0.39 is 6.10 Å². The molecular formula is C15H20N4O. The molecule has 0 radical (unpaired) electrons. The molecular weight excluding hydrogens is 252 g/mol. The molecule has 5 nitrogen and oxygen atoms in total. The SMILES string of the molecule is Cc1cnc(C(O)Cc2ccn(C3CCCC3)n2)nc1. The number of hydrogen-bond acceptors (Lipinski definition) is 4. The fraction of sp³-hybridized carbons (Fsp3) is 0.533. The van der Waals surface area contributed by atoms with Crippen molar-refractivity contribution in [3.63, 3.8) is 0 Å². The van der Waals surface area contributed by atoms with Crippen molar-refractivity contribution in [1.29, 1.82) is 0 Å². The Morgan fingerprint density at radius 2 is 2.00 bits per heavy atom. The van der Waals surface area contributed by atoms with Crippen LogP contribution in [-0.2, 0) is 6.42 Å². The summed E-state index contributed by atoms with van der Waals surface area (Å²) in [4.78, 5) is 8.33. The number of aromatic nitrogens is 4. The van der Waals surface area contributed by atoms with E-state index >= 15 is 0 Å². The van der Waals surface area contributed by atoms with Crippen LogP contribution in [0.5, 0.6) is 0 Å². The molecule has 1 fully saturated rings. The lowest BCUT2D eigenvalue weighted by Gasteiger charge is -2.10. The third kappa shape index (κ3) is 2.88. The molecule has 1 unspecified atom stereocenters. The number of hydrogen-bond donors (Lipinski definition) is 1. The molecule has 3 rings (SSSR count). The highest BCUT2D eigenvalue weighted by Gasteiger charge is 2.19. The van der Waals surface area contributed by atoms with E-state index in [0.29, 0.717) is 18.3 Å². The standard InChI is InChI=1S/C15H20N4O/c1-11-9-16-15(17-10-11)14(20)8-12-6-7-19(18-12)13-4-2-3-5-13/h6-7,9-10,13-14,20H,2-5,8H2,1H3. The van der Waals surface area contributed by atoms with Gasteiger partial charge in [-0.2, -0.15) is 5.10 Å². The molecule has 1 atom stereocenters. The molecule has 2 heterocycles. The number of rotatable bonds is 4. The van der Waals surface area contributed by atoms with Gasteiger partial charge in [-0.3, -0.25) is 4.68 Å². The van der Waals surface area contributed by atoms with Crippen molar-refractivity contribution < 1.29 is 5.11 Å². The second kappa shape index (κ2) is 5.71. The van der Waals surface area contributed by atoms with Gasteiger partial charge in [0.2, 0.25) is 0 Å². The first kappa shape index (κ1) is 13.2. The first-order valence-corrected chi connectivity index (χ1v) is 7.23. The summed E-state index contributed by atoms with van der Waals surface area (Å²) in [5.74, 6) is 0.464. The van der Waals surface area contributed by atoms with Crippen LogP contribution in [0.4, 0.5) is 0 Å². The maximum absolute atomic E-state index is 10.2. The molecule has 1 aliphatic carbocycles. The summed E-state index contributed by atoms with van der Waals surface area (Å²) in [5, 5.41) is 14.7. The Bertz CT molecular complexity index is 558. The number of aryl methyl sites for hydroxylation is 1.